The molecule has 0 fully saturated rings. The first-order valence-electron chi connectivity index (χ1n) is 6.83. The zero-order valence-electron chi connectivity index (χ0n) is 12.2. The van der Waals surface area contributed by atoms with Crippen LogP contribution in [0.25, 0.3) is 0 Å². The summed E-state index contributed by atoms with van der Waals surface area (Å²) in [7, 11) is 1.60. The van der Waals surface area contributed by atoms with Crippen LogP contribution in [0.15, 0.2) is 36.9 Å². The van der Waals surface area contributed by atoms with Gasteiger partial charge in [-0.15, -0.1) is 6.58 Å². The van der Waals surface area contributed by atoms with Crippen LogP contribution in [0.3, 0.4) is 0 Å². The monoisotopic (exact) mass is 280 g/mol. The van der Waals surface area contributed by atoms with E-state index in [1.54, 1.807) is 37.5 Å². The zero-order valence-corrected chi connectivity index (χ0v) is 12.2. The van der Waals surface area contributed by atoms with Crippen LogP contribution in [-0.4, -0.2) is 30.0 Å². The Hall–Kier alpha value is -1.36. The van der Waals surface area contributed by atoms with E-state index in [1.807, 2.05) is 6.92 Å². The lowest BCUT2D eigenvalue weighted by Gasteiger charge is -2.24. The van der Waals surface area contributed by atoms with Crippen molar-refractivity contribution in [1.29, 1.82) is 0 Å². The summed E-state index contributed by atoms with van der Waals surface area (Å²) in [4.78, 5) is 0. The van der Waals surface area contributed by atoms with Gasteiger partial charge in [0.05, 0.1) is 13.2 Å². The topological polar surface area (TPSA) is 58.9 Å². The number of benzene rings is 1. The average molecular weight is 280 g/mol. The molecule has 0 aliphatic carbocycles. The average Bonchev–Trinajstić information content (AvgIpc) is 2.50. The van der Waals surface area contributed by atoms with Gasteiger partial charge in [-0.3, -0.25) is 0 Å². The third-order valence-corrected chi connectivity index (χ3v) is 3.30. The summed E-state index contributed by atoms with van der Waals surface area (Å²) in [6.07, 6.45) is 1.98. The summed E-state index contributed by atoms with van der Waals surface area (Å²) in [5.41, 5.74) is 0.673. The van der Waals surface area contributed by atoms with Gasteiger partial charge >= 0.3 is 0 Å². The van der Waals surface area contributed by atoms with Crippen molar-refractivity contribution in [2.45, 2.75) is 32.2 Å². The van der Waals surface area contributed by atoms with Crippen LogP contribution in [0.2, 0.25) is 0 Å². The Morgan fingerprint density at radius 2 is 1.95 bits per heavy atom. The molecular weight excluding hydrogens is 256 g/mol. The second kappa shape index (κ2) is 8.74. The summed E-state index contributed by atoms with van der Waals surface area (Å²) in [5, 5.41) is 19.0. The minimum atomic E-state index is -1.000. The molecule has 1 aromatic rings. The maximum absolute atomic E-state index is 10.1. The zero-order chi connectivity index (χ0) is 15.0. The van der Waals surface area contributed by atoms with Crippen molar-refractivity contribution in [3.8, 4) is 5.75 Å². The van der Waals surface area contributed by atoms with Gasteiger partial charge in [-0.05, 0) is 30.9 Å². The summed E-state index contributed by atoms with van der Waals surface area (Å²) < 4.78 is 10.7. The van der Waals surface area contributed by atoms with Crippen molar-refractivity contribution in [2.24, 2.45) is 5.92 Å². The molecule has 3 atom stereocenters. The number of aliphatic hydroxyl groups excluding tert-OH is 2. The SMILES string of the molecule is C=CC(OC(O)c1ccc(OC)cc1)C(C)CCCO. The summed E-state index contributed by atoms with van der Waals surface area (Å²) in [5.74, 6) is 0.921. The van der Waals surface area contributed by atoms with Crippen LogP contribution in [0, 0.1) is 5.92 Å². The fourth-order valence-corrected chi connectivity index (χ4v) is 2.00. The van der Waals surface area contributed by atoms with Crippen molar-refractivity contribution in [3.63, 3.8) is 0 Å². The minimum absolute atomic E-state index is 0.162. The van der Waals surface area contributed by atoms with Crippen LogP contribution in [0.4, 0.5) is 0 Å². The van der Waals surface area contributed by atoms with Gasteiger partial charge < -0.3 is 19.7 Å². The fraction of sp³-hybridized carbons (Fsp3) is 0.500. The minimum Gasteiger partial charge on any atom is -0.497 e. The summed E-state index contributed by atoms with van der Waals surface area (Å²) >= 11 is 0. The summed E-state index contributed by atoms with van der Waals surface area (Å²) in [6.45, 7) is 5.92. The first-order chi connectivity index (χ1) is 9.62. The lowest BCUT2D eigenvalue weighted by atomic mass is 9.99. The molecule has 0 aromatic heterocycles. The Kier molecular flexibility index (Phi) is 7.30. The van der Waals surface area contributed by atoms with E-state index < -0.39 is 6.29 Å². The third-order valence-electron chi connectivity index (χ3n) is 3.30. The molecule has 112 valence electrons. The maximum atomic E-state index is 10.1. The van der Waals surface area contributed by atoms with Crippen LogP contribution < -0.4 is 4.74 Å². The van der Waals surface area contributed by atoms with Crippen molar-refractivity contribution in [1.82, 2.24) is 0 Å². The number of rotatable bonds is 9. The lowest BCUT2D eigenvalue weighted by Crippen LogP contribution is -2.22. The van der Waals surface area contributed by atoms with E-state index in [4.69, 9.17) is 14.6 Å². The number of ether oxygens (including phenoxy) is 2. The number of hydrogen-bond donors (Lipinski definition) is 2. The molecule has 3 unspecified atom stereocenters. The Labute approximate surface area is 120 Å². The van der Waals surface area contributed by atoms with Gasteiger partial charge in [0.15, 0.2) is 6.29 Å². The van der Waals surface area contributed by atoms with Gasteiger partial charge in [-0.2, -0.15) is 0 Å². The first kappa shape index (κ1) is 16.7. The quantitative estimate of drug-likeness (QED) is 0.539. The highest BCUT2D eigenvalue weighted by Gasteiger charge is 2.19. The molecule has 0 saturated heterocycles. The Balaban J connectivity index is 2.61. The van der Waals surface area contributed by atoms with E-state index in [2.05, 4.69) is 6.58 Å². The highest BCUT2D eigenvalue weighted by molar-refractivity contribution is 5.27. The van der Waals surface area contributed by atoms with Crippen molar-refractivity contribution in [3.05, 3.63) is 42.5 Å². The standard InChI is InChI=1S/C16H24O4/c1-4-15(12(2)6-5-11-17)20-16(18)13-7-9-14(19-3)10-8-13/h4,7-10,12,15-18H,1,5-6,11H2,2-3H3. The van der Waals surface area contributed by atoms with E-state index in [0.717, 1.165) is 12.2 Å². The predicted octanol–water partition coefficient (Wildman–Crippen LogP) is 2.67. The van der Waals surface area contributed by atoms with Crippen molar-refractivity contribution < 1.29 is 19.7 Å². The fourth-order valence-electron chi connectivity index (χ4n) is 2.00. The highest BCUT2D eigenvalue weighted by atomic mass is 16.6. The molecule has 4 nitrogen and oxygen atoms in total. The Bertz CT molecular complexity index is 388. The van der Waals surface area contributed by atoms with Crippen LogP contribution in [0.1, 0.15) is 31.6 Å². The molecule has 1 aromatic carbocycles. The largest absolute Gasteiger partial charge is 0.497 e. The van der Waals surface area contributed by atoms with Crippen molar-refractivity contribution in [2.75, 3.05) is 13.7 Å². The second-order valence-corrected chi connectivity index (χ2v) is 4.81. The van der Waals surface area contributed by atoms with E-state index in [9.17, 15) is 5.11 Å². The van der Waals surface area contributed by atoms with Crippen LogP contribution >= 0.6 is 0 Å². The third kappa shape index (κ3) is 4.96. The molecule has 0 saturated carbocycles. The smallest absolute Gasteiger partial charge is 0.181 e. The van der Waals surface area contributed by atoms with Crippen LogP contribution in [0.5, 0.6) is 5.75 Å². The highest BCUT2D eigenvalue weighted by Crippen LogP contribution is 2.24. The molecule has 0 radical (unpaired) electrons. The molecule has 1 rings (SSSR count). The first-order valence-corrected chi connectivity index (χ1v) is 6.83. The molecule has 4 heteroatoms. The van der Waals surface area contributed by atoms with Gasteiger partial charge in [0.1, 0.15) is 5.75 Å². The van der Waals surface area contributed by atoms with Gasteiger partial charge in [0.25, 0.3) is 0 Å². The molecular formula is C16H24O4. The lowest BCUT2D eigenvalue weighted by molar-refractivity contribution is -0.139. The second-order valence-electron chi connectivity index (χ2n) is 4.81. The van der Waals surface area contributed by atoms with Gasteiger partial charge in [-0.25, -0.2) is 0 Å². The molecule has 0 amide bonds. The molecule has 0 aliphatic rings. The molecule has 0 spiro atoms. The predicted molar refractivity (Wildman–Crippen MR) is 78.5 cm³/mol. The molecule has 0 heterocycles. The molecule has 0 aliphatic heterocycles. The van der Waals surface area contributed by atoms with Gasteiger partial charge in [0, 0.05) is 12.2 Å². The van der Waals surface area contributed by atoms with Crippen molar-refractivity contribution >= 4 is 0 Å². The molecule has 2 N–H and O–H groups in total. The van der Waals surface area contributed by atoms with E-state index in [0.29, 0.717) is 12.0 Å². The molecule has 0 bridgehead atoms. The number of hydrogen-bond acceptors (Lipinski definition) is 4. The Morgan fingerprint density at radius 3 is 2.45 bits per heavy atom. The number of methoxy groups -OCH3 is 1. The Morgan fingerprint density at radius 1 is 1.30 bits per heavy atom. The van der Waals surface area contributed by atoms with E-state index in [-0.39, 0.29) is 18.6 Å². The molecule has 20 heavy (non-hydrogen) atoms. The normalized spacial score (nSPS) is 15.4. The number of aliphatic hydroxyl groups is 2. The van der Waals surface area contributed by atoms with Gasteiger partial charge in [0.2, 0.25) is 0 Å². The maximum Gasteiger partial charge on any atom is 0.181 e. The van der Waals surface area contributed by atoms with Gasteiger partial charge in [-0.1, -0.05) is 25.1 Å². The summed E-state index contributed by atoms with van der Waals surface area (Å²) in [6, 6.07) is 7.09. The van der Waals surface area contributed by atoms with E-state index in [1.165, 1.54) is 0 Å². The van der Waals surface area contributed by atoms with E-state index >= 15 is 0 Å². The van der Waals surface area contributed by atoms with Crippen LogP contribution in [-0.2, 0) is 4.74 Å².